The van der Waals surface area contributed by atoms with Gasteiger partial charge in [0, 0.05) is 24.4 Å². The van der Waals surface area contributed by atoms with Crippen LogP contribution in [-0.4, -0.2) is 72.5 Å². The normalized spacial score (nSPS) is 17.4. The minimum Gasteiger partial charge on any atom is -0.480 e. The van der Waals surface area contributed by atoms with Gasteiger partial charge >= 0.3 is 0 Å². The molecule has 6 rings (SSSR count). The number of aromatic nitrogens is 7. The lowest BCUT2D eigenvalue weighted by Gasteiger charge is -2.32. The third kappa shape index (κ3) is 3.51. The maximum absolute atomic E-state index is 13.3. The van der Waals surface area contributed by atoms with Crippen LogP contribution in [0.4, 0.5) is 11.6 Å². The summed E-state index contributed by atoms with van der Waals surface area (Å²) in [7, 11) is 1.49. The predicted molar refractivity (Wildman–Crippen MR) is 121 cm³/mol. The van der Waals surface area contributed by atoms with E-state index in [1.165, 1.54) is 18.2 Å². The van der Waals surface area contributed by atoms with Crippen LogP contribution in [0.1, 0.15) is 11.9 Å². The number of nitrogens with one attached hydrogen (secondary N) is 1. The third-order valence-corrected chi connectivity index (χ3v) is 5.75. The highest BCUT2D eigenvalue weighted by molar-refractivity contribution is 5.98. The lowest BCUT2D eigenvalue weighted by Crippen LogP contribution is -2.50. The highest BCUT2D eigenvalue weighted by Crippen LogP contribution is 2.29. The zero-order chi connectivity index (χ0) is 24.1. The van der Waals surface area contributed by atoms with Gasteiger partial charge in [0.2, 0.25) is 5.88 Å². The fourth-order valence-electron chi connectivity index (χ4n) is 3.99. The van der Waals surface area contributed by atoms with Crippen LogP contribution in [0.25, 0.3) is 27.7 Å². The van der Waals surface area contributed by atoms with E-state index in [9.17, 15) is 9.90 Å². The Morgan fingerprint density at radius 3 is 3.09 bits per heavy atom. The molecule has 1 aliphatic rings. The molecule has 1 aromatic carbocycles. The average Bonchev–Trinajstić information content (AvgIpc) is 3.61. The monoisotopic (exact) mass is 477 g/mol. The standard InChI is InChI=1S/C21H19N9O5/c1-33-16-6-10(9-23-26-16)30-3-2-15(27-30)29-4-5-34-18(21(29)32)17(31)20-24-12-7-11-14(8-13(12)25-20)35-28-19(11)22/h2-3,6-9,17-18,31H,4-5H2,1H3,(H2,22,28)(H,24,25)/t17-,18-/m1/s1. The summed E-state index contributed by atoms with van der Waals surface area (Å²) in [5, 5.41) is 27.5. The fraction of sp³-hybridized carbons (Fsp3) is 0.238. The second-order valence-corrected chi connectivity index (χ2v) is 7.86. The number of nitrogen functional groups attached to an aromatic ring is 1. The highest BCUT2D eigenvalue weighted by Gasteiger charge is 2.38. The van der Waals surface area contributed by atoms with Gasteiger partial charge in [0.1, 0.15) is 11.9 Å². The number of hydrogen-bond acceptors (Lipinski definition) is 11. The minimum absolute atomic E-state index is 0.180. The summed E-state index contributed by atoms with van der Waals surface area (Å²) in [4.78, 5) is 22.2. The van der Waals surface area contributed by atoms with Crippen molar-refractivity contribution in [2.24, 2.45) is 0 Å². The Kier molecular flexibility index (Phi) is 4.82. The number of imidazole rings is 1. The molecule has 5 heterocycles. The van der Waals surface area contributed by atoms with Gasteiger partial charge in [0.05, 0.1) is 48.6 Å². The number of methoxy groups -OCH3 is 1. The number of ether oxygens (including phenoxy) is 2. The largest absolute Gasteiger partial charge is 0.480 e. The number of hydrogen-bond donors (Lipinski definition) is 3. The molecule has 1 amide bonds. The van der Waals surface area contributed by atoms with E-state index in [-0.39, 0.29) is 24.8 Å². The van der Waals surface area contributed by atoms with Gasteiger partial charge in [-0.05, 0) is 6.07 Å². The molecule has 14 nitrogen and oxygen atoms in total. The summed E-state index contributed by atoms with van der Waals surface area (Å²) in [5.41, 5.74) is 8.05. The van der Waals surface area contributed by atoms with E-state index in [0.29, 0.717) is 39.4 Å². The van der Waals surface area contributed by atoms with E-state index >= 15 is 0 Å². The van der Waals surface area contributed by atoms with Crippen LogP contribution in [0.15, 0.2) is 41.2 Å². The molecule has 5 aromatic rings. The molecule has 35 heavy (non-hydrogen) atoms. The number of aromatic amines is 1. The first-order valence-electron chi connectivity index (χ1n) is 10.6. The van der Waals surface area contributed by atoms with Crippen molar-refractivity contribution >= 4 is 39.5 Å². The molecule has 14 heteroatoms. The third-order valence-electron chi connectivity index (χ3n) is 5.75. The molecule has 0 unspecified atom stereocenters. The van der Waals surface area contributed by atoms with Crippen LogP contribution >= 0.6 is 0 Å². The Morgan fingerprint density at radius 1 is 1.34 bits per heavy atom. The van der Waals surface area contributed by atoms with Gasteiger partial charge in [-0.3, -0.25) is 9.69 Å². The van der Waals surface area contributed by atoms with Crippen molar-refractivity contribution in [1.29, 1.82) is 0 Å². The number of fused-ring (bicyclic) bond motifs is 2. The van der Waals surface area contributed by atoms with E-state index in [2.05, 4.69) is 30.4 Å². The second kappa shape index (κ2) is 8.03. The molecule has 178 valence electrons. The molecule has 0 saturated carbocycles. The quantitative estimate of drug-likeness (QED) is 0.324. The van der Waals surface area contributed by atoms with Crippen LogP contribution in [0, 0.1) is 0 Å². The number of rotatable bonds is 5. The van der Waals surface area contributed by atoms with Crippen molar-refractivity contribution in [1.82, 2.24) is 35.1 Å². The topological polar surface area (TPSA) is 183 Å². The first kappa shape index (κ1) is 21.0. The first-order chi connectivity index (χ1) is 17.0. The Balaban J connectivity index is 1.26. The minimum atomic E-state index is -1.34. The maximum Gasteiger partial charge on any atom is 0.260 e. The lowest BCUT2D eigenvalue weighted by molar-refractivity contribution is -0.143. The van der Waals surface area contributed by atoms with Gasteiger partial charge in [0.15, 0.2) is 23.3 Å². The summed E-state index contributed by atoms with van der Waals surface area (Å²) in [5.74, 6) is 0.720. The van der Waals surface area contributed by atoms with Crippen LogP contribution in [0.5, 0.6) is 5.88 Å². The summed E-state index contributed by atoms with van der Waals surface area (Å²) in [6.45, 7) is 0.486. The number of aliphatic hydroxyl groups excluding tert-OH is 1. The van der Waals surface area contributed by atoms with E-state index < -0.39 is 18.1 Å². The van der Waals surface area contributed by atoms with Gasteiger partial charge in [-0.2, -0.15) is 5.10 Å². The number of carbonyl (C=O) groups excluding carboxylic acids is 1. The van der Waals surface area contributed by atoms with E-state index in [0.717, 1.165) is 0 Å². The van der Waals surface area contributed by atoms with Gasteiger partial charge in [0.25, 0.3) is 5.91 Å². The average molecular weight is 477 g/mol. The van der Waals surface area contributed by atoms with Gasteiger partial charge in [-0.1, -0.05) is 5.16 Å². The number of nitrogens with two attached hydrogens (primary N) is 1. The molecule has 0 aliphatic carbocycles. The Labute approximate surface area is 196 Å². The molecule has 1 aliphatic heterocycles. The molecule has 4 N–H and O–H groups in total. The number of anilines is 2. The molecule has 0 spiro atoms. The van der Waals surface area contributed by atoms with Crippen molar-refractivity contribution in [3.05, 3.63) is 42.5 Å². The number of benzene rings is 1. The second-order valence-electron chi connectivity index (χ2n) is 7.86. The molecule has 1 fully saturated rings. The fourth-order valence-corrected chi connectivity index (χ4v) is 3.99. The van der Waals surface area contributed by atoms with Gasteiger partial charge < -0.3 is 29.8 Å². The smallest absolute Gasteiger partial charge is 0.260 e. The first-order valence-corrected chi connectivity index (χ1v) is 10.6. The molecule has 0 radical (unpaired) electrons. The number of amides is 1. The maximum atomic E-state index is 13.3. The summed E-state index contributed by atoms with van der Waals surface area (Å²) >= 11 is 0. The predicted octanol–water partition coefficient (Wildman–Crippen LogP) is 0.736. The molecular weight excluding hydrogens is 458 g/mol. The van der Waals surface area contributed by atoms with Crippen molar-refractivity contribution in [3.8, 4) is 11.6 Å². The molecule has 2 atom stereocenters. The Hall–Kier alpha value is -4.56. The summed E-state index contributed by atoms with van der Waals surface area (Å²) < 4.78 is 17.5. The van der Waals surface area contributed by atoms with E-state index in [1.54, 1.807) is 35.1 Å². The lowest BCUT2D eigenvalue weighted by atomic mass is 10.1. The number of aliphatic hydroxyl groups is 1. The SMILES string of the molecule is COc1cc(-n2ccc(N3CCO[C@H]([C@@H](O)c4nc5cc6c(N)noc6cc5[nH]4)C3=O)n2)cnn1. The van der Waals surface area contributed by atoms with Crippen LogP contribution in [0.2, 0.25) is 0 Å². The van der Waals surface area contributed by atoms with E-state index in [1.807, 2.05) is 0 Å². The van der Waals surface area contributed by atoms with Crippen LogP contribution in [-0.2, 0) is 9.53 Å². The molecule has 0 bridgehead atoms. The van der Waals surface area contributed by atoms with Gasteiger partial charge in [-0.25, -0.2) is 9.67 Å². The number of nitrogens with zero attached hydrogens (tertiary/aromatic N) is 7. The number of morpholine rings is 1. The number of H-pyrrole nitrogens is 1. The summed E-state index contributed by atoms with van der Waals surface area (Å²) in [6.07, 6.45) is 0.701. The van der Waals surface area contributed by atoms with Crippen molar-refractivity contribution < 1.29 is 23.9 Å². The highest BCUT2D eigenvalue weighted by atomic mass is 16.5. The zero-order valence-corrected chi connectivity index (χ0v) is 18.3. The molecular formula is C21H19N9O5. The molecule has 1 saturated heterocycles. The van der Waals surface area contributed by atoms with Crippen molar-refractivity contribution in [2.45, 2.75) is 12.2 Å². The van der Waals surface area contributed by atoms with Crippen molar-refractivity contribution in [2.75, 3.05) is 30.9 Å². The Bertz CT molecular complexity index is 1560. The Morgan fingerprint density at radius 2 is 2.23 bits per heavy atom. The van der Waals surface area contributed by atoms with Crippen LogP contribution < -0.4 is 15.4 Å². The van der Waals surface area contributed by atoms with Crippen LogP contribution in [0.3, 0.4) is 0 Å². The van der Waals surface area contributed by atoms with Gasteiger partial charge in [-0.15, -0.1) is 10.2 Å². The molecule has 4 aromatic heterocycles. The summed E-state index contributed by atoms with van der Waals surface area (Å²) in [6, 6.07) is 6.74. The van der Waals surface area contributed by atoms with Crippen molar-refractivity contribution in [3.63, 3.8) is 0 Å². The zero-order valence-electron chi connectivity index (χ0n) is 18.3. The number of carbonyl (C=O) groups is 1. The van der Waals surface area contributed by atoms with E-state index in [4.69, 9.17) is 19.7 Å².